The molecule has 1 fully saturated rings. The monoisotopic (exact) mass is 733 g/mol. The summed E-state index contributed by atoms with van der Waals surface area (Å²) in [4.78, 5) is 59.6. The number of fused-ring (bicyclic) bond motifs is 2. The van der Waals surface area contributed by atoms with Gasteiger partial charge in [-0.05, 0) is 94.1 Å². The minimum atomic E-state index is -0.936. The van der Waals surface area contributed by atoms with Gasteiger partial charge in [0, 0.05) is 24.8 Å². The van der Waals surface area contributed by atoms with E-state index >= 15 is 0 Å². The molecule has 4 atom stereocenters. The summed E-state index contributed by atoms with van der Waals surface area (Å²) >= 11 is 1.49. The first-order valence-corrected chi connectivity index (χ1v) is 19.7. The highest BCUT2D eigenvalue weighted by atomic mass is 32.1. The molecule has 0 unspecified atom stereocenters. The highest BCUT2D eigenvalue weighted by Crippen LogP contribution is 2.33. The average Bonchev–Trinajstić information content (AvgIpc) is 3.55. The summed E-state index contributed by atoms with van der Waals surface area (Å²) in [6.07, 6.45) is 6.87. The van der Waals surface area contributed by atoms with Gasteiger partial charge in [-0.25, -0.2) is 4.98 Å². The Labute approximate surface area is 310 Å². The maximum atomic E-state index is 14.3. The molecule has 1 aliphatic carbocycles. The summed E-state index contributed by atoms with van der Waals surface area (Å²) in [5, 5.41) is 12.7. The molecule has 1 saturated carbocycles. The van der Waals surface area contributed by atoms with Crippen molar-refractivity contribution in [2.45, 2.75) is 109 Å². The number of ether oxygens (including phenoxy) is 1. The summed E-state index contributed by atoms with van der Waals surface area (Å²) in [5.74, 6) is -0.0694. The molecular formula is C39H55N7O5S. The van der Waals surface area contributed by atoms with Gasteiger partial charge in [0.25, 0.3) is 0 Å². The lowest BCUT2D eigenvalue weighted by Crippen LogP contribution is -2.57. The highest BCUT2D eigenvalue weighted by Gasteiger charge is 2.34. The van der Waals surface area contributed by atoms with Crippen molar-refractivity contribution in [1.82, 2.24) is 26.3 Å². The number of carbonyl (C=O) groups excluding carboxylic acids is 4. The number of amides is 4. The third kappa shape index (κ3) is 10.7. The number of hydrogen-bond donors (Lipinski definition) is 6. The Kier molecular flexibility index (Phi) is 14.4. The number of rotatable bonds is 17. The van der Waals surface area contributed by atoms with E-state index in [9.17, 15) is 19.2 Å². The van der Waals surface area contributed by atoms with Gasteiger partial charge in [0.2, 0.25) is 23.6 Å². The fourth-order valence-corrected chi connectivity index (χ4v) is 8.30. The number of thiazole rings is 1. The zero-order valence-corrected chi connectivity index (χ0v) is 31.3. The number of aromatic nitrogens is 1. The fraction of sp³-hybridized carbons (Fsp3) is 0.564. The van der Waals surface area contributed by atoms with E-state index in [1.807, 2.05) is 43.3 Å². The quantitative estimate of drug-likeness (QED) is 0.113. The molecule has 2 aliphatic rings. The minimum absolute atomic E-state index is 0.183. The summed E-state index contributed by atoms with van der Waals surface area (Å²) < 4.78 is 6.79. The van der Waals surface area contributed by atoms with Gasteiger partial charge in [-0.2, -0.15) is 0 Å². The Morgan fingerprint density at radius 1 is 0.885 bits per heavy atom. The number of hydrogen-bond acceptors (Lipinski definition) is 9. The maximum absolute atomic E-state index is 14.3. The van der Waals surface area contributed by atoms with Crippen molar-refractivity contribution in [2.75, 3.05) is 19.7 Å². The average molecular weight is 734 g/mol. The zero-order chi connectivity index (χ0) is 37.0. The number of unbranched alkanes of at least 4 members (excludes halogenated alkanes) is 1. The van der Waals surface area contributed by atoms with Gasteiger partial charge < -0.3 is 37.5 Å². The molecular weight excluding hydrogens is 679 g/mol. The predicted molar refractivity (Wildman–Crippen MR) is 204 cm³/mol. The van der Waals surface area contributed by atoms with E-state index in [0.29, 0.717) is 62.7 Å². The van der Waals surface area contributed by atoms with E-state index in [0.717, 1.165) is 52.8 Å². The van der Waals surface area contributed by atoms with Gasteiger partial charge in [-0.3, -0.25) is 19.2 Å². The van der Waals surface area contributed by atoms with Crippen LogP contribution in [-0.4, -0.2) is 66.4 Å². The van der Waals surface area contributed by atoms with Gasteiger partial charge in [-0.15, -0.1) is 11.3 Å². The molecule has 0 spiro atoms. The number of nitrogens with one attached hydrogen (secondary N) is 4. The number of nitrogens with two attached hydrogens (primary N) is 2. The summed E-state index contributed by atoms with van der Waals surface area (Å²) in [6.45, 7) is 5.32. The summed E-state index contributed by atoms with van der Waals surface area (Å²) in [5.41, 5.74) is 14.6. The topological polar surface area (TPSA) is 191 Å². The van der Waals surface area contributed by atoms with Gasteiger partial charge in [0.1, 0.15) is 23.9 Å². The smallest absolute Gasteiger partial charge is 0.243 e. The molecule has 0 saturated heterocycles. The van der Waals surface area contributed by atoms with Crippen LogP contribution in [0, 0.1) is 18.8 Å². The van der Waals surface area contributed by atoms with E-state index < -0.39 is 29.9 Å². The molecule has 4 amide bonds. The Morgan fingerprint density at radius 2 is 1.62 bits per heavy atom. The van der Waals surface area contributed by atoms with Crippen molar-refractivity contribution >= 4 is 45.2 Å². The molecule has 52 heavy (non-hydrogen) atoms. The molecule has 2 heterocycles. The van der Waals surface area contributed by atoms with Crippen molar-refractivity contribution in [3.63, 3.8) is 0 Å². The largest absolute Gasteiger partial charge is 0.493 e. The highest BCUT2D eigenvalue weighted by molar-refractivity contribution is 7.18. The molecule has 282 valence electrons. The normalized spacial score (nSPS) is 20.1. The molecule has 0 bridgehead atoms. The van der Waals surface area contributed by atoms with Crippen LogP contribution in [0.3, 0.4) is 0 Å². The Balaban J connectivity index is 1.35. The zero-order valence-electron chi connectivity index (χ0n) is 30.5. The fourth-order valence-electron chi connectivity index (χ4n) is 7.19. The molecule has 13 heteroatoms. The standard InChI is InChI=1S/C39H55N7O5S/c1-3-35(47)42-32(22-36-43-29-16-11-24(2)20-34(29)52-36)39(50)46-31(21-25-12-14-26(23-41)15-13-25)38(49)45-30(9-6-7-18-40)37(48)44-28-17-19-51-33-10-5-4-8-27(28)33/h4-5,8,10-11,16,20,25-26,28,30-32H,3,6-7,9,12-15,17-19,21-23,40-41H2,1-2H3,(H,42,47)(H,44,48)(H,45,49)(H,46,50)/t25?,26?,28-,30+,31+,32+/m1/s1. The Morgan fingerprint density at radius 3 is 2.37 bits per heavy atom. The third-order valence-corrected chi connectivity index (χ3v) is 11.3. The van der Waals surface area contributed by atoms with E-state index in [2.05, 4.69) is 27.3 Å². The maximum Gasteiger partial charge on any atom is 0.243 e. The minimum Gasteiger partial charge on any atom is -0.493 e. The van der Waals surface area contributed by atoms with Crippen LogP contribution in [-0.2, 0) is 25.6 Å². The SMILES string of the molecule is CCC(=O)N[C@@H](Cc1nc2ccc(C)cc2s1)C(=O)N[C@@H](CC1CCC(CN)CC1)C(=O)N[C@@H](CCCCN)C(=O)N[C@@H]1CCOc2ccccc21. The van der Waals surface area contributed by atoms with Gasteiger partial charge >= 0.3 is 0 Å². The van der Waals surface area contributed by atoms with Crippen LogP contribution in [0.5, 0.6) is 5.75 Å². The van der Waals surface area contributed by atoms with Crippen molar-refractivity contribution < 1.29 is 23.9 Å². The number of aryl methyl sites for hydroxylation is 1. The Hall–Kier alpha value is -4.07. The van der Waals surface area contributed by atoms with Crippen LogP contribution >= 0.6 is 11.3 Å². The van der Waals surface area contributed by atoms with Gasteiger partial charge in [-0.1, -0.05) is 44.0 Å². The van der Waals surface area contributed by atoms with Crippen LogP contribution in [0.25, 0.3) is 10.2 Å². The second kappa shape index (κ2) is 19.1. The molecule has 2 aromatic carbocycles. The van der Waals surface area contributed by atoms with Crippen molar-refractivity contribution in [3.8, 4) is 5.75 Å². The van der Waals surface area contributed by atoms with E-state index in [1.165, 1.54) is 11.3 Å². The van der Waals surface area contributed by atoms with Crippen molar-refractivity contribution in [1.29, 1.82) is 0 Å². The van der Waals surface area contributed by atoms with E-state index in [1.54, 1.807) is 6.92 Å². The van der Waals surface area contributed by atoms with Crippen LogP contribution in [0.1, 0.15) is 93.3 Å². The predicted octanol–water partition coefficient (Wildman–Crippen LogP) is 3.94. The molecule has 3 aromatic rings. The second-order valence-corrected chi connectivity index (χ2v) is 15.4. The van der Waals surface area contributed by atoms with E-state index in [4.69, 9.17) is 21.2 Å². The lowest BCUT2D eigenvalue weighted by molar-refractivity contribution is -0.134. The first-order valence-electron chi connectivity index (χ1n) is 18.9. The number of nitrogens with zero attached hydrogens (tertiary/aromatic N) is 1. The third-order valence-electron chi connectivity index (χ3n) is 10.3. The first kappa shape index (κ1) is 39.1. The van der Waals surface area contributed by atoms with Crippen molar-refractivity contribution in [2.24, 2.45) is 23.3 Å². The van der Waals surface area contributed by atoms with Crippen LogP contribution in [0.4, 0.5) is 0 Å². The molecule has 1 aromatic heterocycles. The van der Waals surface area contributed by atoms with Gasteiger partial charge in [0.05, 0.1) is 27.9 Å². The van der Waals surface area contributed by atoms with Crippen LogP contribution in [0.15, 0.2) is 42.5 Å². The second-order valence-electron chi connectivity index (χ2n) is 14.3. The van der Waals surface area contributed by atoms with Gasteiger partial charge in [0.15, 0.2) is 0 Å². The summed E-state index contributed by atoms with van der Waals surface area (Å²) in [7, 11) is 0. The summed E-state index contributed by atoms with van der Waals surface area (Å²) in [6, 6.07) is 10.7. The van der Waals surface area contributed by atoms with E-state index in [-0.39, 0.29) is 36.6 Å². The van der Waals surface area contributed by atoms with Crippen LogP contribution in [0.2, 0.25) is 0 Å². The lowest BCUT2D eigenvalue weighted by Gasteiger charge is -2.32. The Bertz CT molecular complexity index is 1670. The lowest BCUT2D eigenvalue weighted by atomic mass is 9.79. The molecule has 0 radical (unpaired) electrons. The first-order chi connectivity index (χ1) is 25.2. The molecule has 5 rings (SSSR count). The molecule has 12 nitrogen and oxygen atoms in total. The number of para-hydroxylation sites is 1. The molecule has 1 aliphatic heterocycles. The number of benzene rings is 2. The van der Waals surface area contributed by atoms with Crippen molar-refractivity contribution in [3.05, 3.63) is 58.6 Å². The molecule has 8 N–H and O–H groups in total. The number of carbonyl (C=O) groups is 4. The van der Waals surface area contributed by atoms with Crippen LogP contribution < -0.4 is 37.5 Å².